The molecular formula is C30H34N6S. The molecule has 0 radical (unpaired) electrons. The lowest BCUT2D eigenvalue weighted by Crippen LogP contribution is -2.15. The molecule has 0 N–H and O–H groups in total. The highest BCUT2D eigenvalue weighted by Gasteiger charge is 2.21. The molecule has 3 aromatic rings. The van der Waals surface area contributed by atoms with E-state index in [2.05, 4.69) is 94.9 Å². The molecule has 0 spiro atoms. The fourth-order valence-corrected chi connectivity index (χ4v) is 5.27. The van der Waals surface area contributed by atoms with Crippen LogP contribution in [0.1, 0.15) is 38.7 Å². The lowest BCUT2D eigenvalue weighted by Gasteiger charge is -2.23. The highest BCUT2D eigenvalue weighted by atomic mass is 32.2. The van der Waals surface area contributed by atoms with Crippen LogP contribution in [0.5, 0.6) is 0 Å². The number of rotatable bonds is 8. The van der Waals surface area contributed by atoms with Crippen molar-refractivity contribution in [3.63, 3.8) is 0 Å². The van der Waals surface area contributed by atoms with E-state index in [0.29, 0.717) is 0 Å². The molecule has 0 amide bonds. The maximum atomic E-state index is 4.37. The Bertz CT molecular complexity index is 1380. The van der Waals surface area contributed by atoms with Gasteiger partial charge in [-0.2, -0.15) is 4.68 Å². The molecule has 0 atom stereocenters. The maximum absolute atomic E-state index is 4.37. The fourth-order valence-electron chi connectivity index (χ4n) is 4.18. The van der Waals surface area contributed by atoms with Gasteiger partial charge in [-0.25, -0.2) is 0 Å². The van der Waals surface area contributed by atoms with E-state index in [1.54, 1.807) is 16.4 Å². The molecular weight excluding hydrogens is 476 g/mol. The Balaban J connectivity index is 1.72. The van der Waals surface area contributed by atoms with Crippen molar-refractivity contribution < 1.29 is 0 Å². The number of aromatic nitrogens is 4. The quantitative estimate of drug-likeness (QED) is 0.302. The summed E-state index contributed by atoms with van der Waals surface area (Å²) in [6.07, 6.45) is 11.9. The summed E-state index contributed by atoms with van der Waals surface area (Å²) in [6.45, 7) is 6.32. The Morgan fingerprint density at radius 3 is 2.57 bits per heavy atom. The highest BCUT2D eigenvalue weighted by Crippen LogP contribution is 2.41. The Kier molecular flexibility index (Phi) is 8.90. The largest absolute Gasteiger partial charge is 0.348 e. The predicted molar refractivity (Wildman–Crippen MR) is 155 cm³/mol. The summed E-state index contributed by atoms with van der Waals surface area (Å²) >= 11 is 1.63. The zero-order valence-corrected chi connectivity index (χ0v) is 23.0. The summed E-state index contributed by atoms with van der Waals surface area (Å²) < 4.78 is 1.80. The minimum Gasteiger partial charge on any atom is -0.348 e. The molecule has 0 saturated heterocycles. The topological polar surface area (TPSA) is 59.2 Å². The third-order valence-electron chi connectivity index (χ3n) is 6.52. The number of aliphatic imine (C=N–C) groups is 1. The summed E-state index contributed by atoms with van der Waals surface area (Å²) in [6, 6.07) is 18.5. The first-order valence-electron chi connectivity index (χ1n) is 12.5. The normalized spacial score (nSPS) is 16.2. The number of anilines is 1. The molecule has 0 bridgehead atoms. The lowest BCUT2D eigenvalue weighted by atomic mass is 9.94. The monoisotopic (exact) mass is 510 g/mol. The average molecular weight is 511 g/mol. The molecule has 0 fully saturated rings. The van der Waals surface area contributed by atoms with Crippen molar-refractivity contribution in [1.82, 2.24) is 20.2 Å². The van der Waals surface area contributed by atoms with E-state index in [1.807, 2.05) is 44.3 Å². The number of benzene rings is 2. The molecule has 1 aliphatic carbocycles. The van der Waals surface area contributed by atoms with E-state index in [-0.39, 0.29) is 0 Å². The number of allylic oxidation sites excluding steroid dienone is 7. The smallest absolute Gasteiger partial charge is 0.218 e. The van der Waals surface area contributed by atoms with Crippen LogP contribution in [0.15, 0.2) is 111 Å². The highest BCUT2D eigenvalue weighted by molar-refractivity contribution is 8.03. The molecule has 4 rings (SSSR count). The van der Waals surface area contributed by atoms with Gasteiger partial charge in [-0.15, -0.1) is 5.10 Å². The van der Waals surface area contributed by atoms with Crippen LogP contribution >= 0.6 is 11.8 Å². The number of nitrogens with zero attached hydrogens (tertiary/aromatic N) is 6. The van der Waals surface area contributed by atoms with Crippen LogP contribution in [0.4, 0.5) is 5.69 Å². The molecule has 0 unspecified atom stereocenters. The second-order valence-corrected chi connectivity index (χ2v) is 10.0. The Morgan fingerprint density at radius 1 is 1.05 bits per heavy atom. The zero-order valence-electron chi connectivity index (χ0n) is 22.2. The van der Waals surface area contributed by atoms with Crippen molar-refractivity contribution in [1.29, 1.82) is 0 Å². The van der Waals surface area contributed by atoms with E-state index in [1.165, 1.54) is 33.0 Å². The van der Waals surface area contributed by atoms with Gasteiger partial charge in [0.05, 0.1) is 5.69 Å². The molecule has 1 aliphatic rings. The van der Waals surface area contributed by atoms with Gasteiger partial charge in [-0.05, 0) is 109 Å². The van der Waals surface area contributed by atoms with Gasteiger partial charge in [0.2, 0.25) is 5.16 Å². The van der Waals surface area contributed by atoms with Gasteiger partial charge in [0.25, 0.3) is 0 Å². The number of tetrazole rings is 1. The van der Waals surface area contributed by atoms with E-state index >= 15 is 0 Å². The predicted octanol–water partition coefficient (Wildman–Crippen LogP) is 7.11. The number of hydrogen-bond acceptors (Lipinski definition) is 6. The fraction of sp³-hybridized carbons (Fsp3) is 0.267. The summed E-state index contributed by atoms with van der Waals surface area (Å²) in [5, 5.41) is 13.4. The van der Waals surface area contributed by atoms with Gasteiger partial charge in [-0.1, -0.05) is 48.6 Å². The third-order valence-corrected chi connectivity index (χ3v) is 7.69. The second kappa shape index (κ2) is 12.5. The van der Waals surface area contributed by atoms with Gasteiger partial charge in [0.15, 0.2) is 0 Å². The Hall–Kier alpha value is -3.71. The molecule has 37 heavy (non-hydrogen) atoms. The molecule has 7 heteroatoms. The van der Waals surface area contributed by atoms with Crippen LogP contribution in [0.25, 0.3) is 5.69 Å². The molecule has 0 aliphatic heterocycles. The van der Waals surface area contributed by atoms with Crippen molar-refractivity contribution in [2.45, 2.75) is 45.2 Å². The molecule has 190 valence electrons. The van der Waals surface area contributed by atoms with Crippen molar-refractivity contribution >= 4 is 23.2 Å². The van der Waals surface area contributed by atoms with E-state index in [0.717, 1.165) is 35.8 Å². The van der Waals surface area contributed by atoms with Crippen molar-refractivity contribution in [3.05, 3.63) is 106 Å². The Labute approximate surface area is 224 Å². The van der Waals surface area contributed by atoms with Gasteiger partial charge in [0.1, 0.15) is 0 Å². The first-order chi connectivity index (χ1) is 18.0. The lowest BCUT2D eigenvalue weighted by molar-refractivity contribution is 0.755. The molecule has 1 heterocycles. The number of hydrogen-bond donors (Lipinski definition) is 0. The van der Waals surface area contributed by atoms with Gasteiger partial charge < -0.3 is 4.90 Å². The van der Waals surface area contributed by atoms with Crippen molar-refractivity contribution in [3.8, 4) is 5.69 Å². The average Bonchev–Trinajstić information content (AvgIpc) is 3.39. The van der Waals surface area contributed by atoms with E-state index < -0.39 is 0 Å². The zero-order chi connectivity index (χ0) is 26.2. The summed E-state index contributed by atoms with van der Waals surface area (Å²) in [5.74, 6) is 0. The minimum absolute atomic E-state index is 0.749. The van der Waals surface area contributed by atoms with Crippen LogP contribution in [0.3, 0.4) is 0 Å². The number of thioether (sulfide) groups is 1. The molecule has 1 aromatic heterocycles. The van der Waals surface area contributed by atoms with Gasteiger partial charge in [-0.3, -0.25) is 4.99 Å². The third kappa shape index (κ3) is 6.54. The van der Waals surface area contributed by atoms with Crippen molar-refractivity contribution in [2.24, 2.45) is 4.99 Å². The second-order valence-electron chi connectivity index (χ2n) is 9.06. The van der Waals surface area contributed by atoms with E-state index in [9.17, 15) is 0 Å². The number of aryl methyl sites for hydroxylation is 1. The summed E-state index contributed by atoms with van der Waals surface area (Å²) in [7, 11) is 3.94. The molecule has 6 nitrogen and oxygen atoms in total. The first-order valence-corrected chi connectivity index (χ1v) is 13.3. The van der Waals surface area contributed by atoms with Gasteiger partial charge in [0, 0.05) is 36.1 Å². The SMILES string of the molecule is CN=C(C)/C=C/C1=C(Sc2nnnn2-c2ccccc2)C(=C/C=C(\C)N(C)c2ccccc2C)/CCC1. The van der Waals surface area contributed by atoms with Crippen LogP contribution in [0, 0.1) is 6.92 Å². The van der Waals surface area contributed by atoms with Crippen LogP contribution in [0.2, 0.25) is 0 Å². The first kappa shape index (κ1) is 26.4. The standard InChI is InChI=1S/C30H34N6S/c1-22-12-9-10-17-28(22)35(5)24(3)19-21-26-14-11-13-25(20-18-23(2)31-4)29(26)37-30-32-33-34-36(30)27-15-7-6-8-16-27/h6-10,12,15-21H,11,13-14H2,1-5H3/b20-18+,24-19+,26-21+,31-23?. The summed E-state index contributed by atoms with van der Waals surface area (Å²) in [4.78, 5) is 7.74. The maximum Gasteiger partial charge on any atom is 0.218 e. The van der Waals surface area contributed by atoms with Crippen molar-refractivity contribution in [2.75, 3.05) is 19.0 Å². The summed E-state index contributed by atoms with van der Waals surface area (Å²) in [5.41, 5.74) is 8.16. The van der Waals surface area contributed by atoms with Crippen LogP contribution < -0.4 is 4.90 Å². The number of para-hydroxylation sites is 2. The van der Waals surface area contributed by atoms with Crippen LogP contribution in [-0.2, 0) is 0 Å². The molecule has 2 aromatic carbocycles. The minimum atomic E-state index is 0.749. The molecule has 0 saturated carbocycles. The Morgan fingerprint density at radius 2 is 1.81 bits per heavy atom. The van der Waals surface area contributed by atoms with E-state index in [4.69, 9.17) is 0 Å². The van der Waals surface area contributed by atoms with Gasteiger partial charge >= 0.3 is 0 Å². The van der Waals surface area contributed by atoms with Crippen LogP contribution in [-0.4, -0.2) is 40.0 Å².